The van der Waals surface area contributed by atoms with Crippen LogP contribution in [0.25, 0.3) is 0 Å². The lowest BCUT2D eigenvalue weighted by atomic mass is 9.87. The number of carbonyl (C=O) groups is 1. The zero-order valence-electron chi connectivity index (χ0n) is 9.34. The zero-order valence-corrected chi connectivity index (χ0v) is 9.34. The molecule has 4 heteroatoms. The molecule has 0 spiro atoms. The van der Waals surface area contributed by atoms with Gasteiger partial charge in [-0.3, -0.25) is 4.79 Å². The third-order valence-corrected chi connectivity index (χ3v) is 2.10. The molecule has 1 atom stereocenters. The van der Waals surface area contributed by atoms with E-state index < -0.39 is 6.04 Å². The van der Waals surface area contributed by atoms with Crippen LogP contribution in [0.15, 0.2) is 0 Å². The van der Waals surface area contributed by atoms with E-state index in [-0.39, 0.29) is 17.9 Å². The maximum absolute atomic E-state index is 11.5. The number of unbranched alkanes of at least 4 members (excludes halogenated alkanes) is 1. The predicted molar refractivity (Wildman–Crippen MR) is 56.8 cm³/mol. The summed E-state index contributed by atoms with van der Waals surface area (Å²) in [6, 6.07) is -0.475. The SMILES string of the molecule is CC(C)(C)[C@H](N)C(=O)NCCCCO. The first-order valence-electron chi connectivity index (χ1n) is 5.03. The normalized spacial score (nSPS) is 13.8. The van der Waals surface area contributed by atoms with Crippen LogP contribution in [0.4, 0.5) is 0 Å². The van der Waals surface area contributed by atoms with Crippen LogP contribution in [0.1, 0.15) is 33.6 Å². The summed E-state index contributed by atoms with van der Waals surface area (Å²) in [4.78, 5) is 11.5. The van der Waals surface area contributed by atoms with Crippen LogP contribution in [0.3, 0.4) is 0 Å². The fraction of sp³-hybridized carbons (Fsp3) is 0.900. The van der Waals surface area contributed by atoms with Gasteiger partial charge < -0.3 is 16.2 Å². The average Bonchev–Trinajstić information content (AvgIpc) is 2.09. The van der Waals surface area contributed by atoms with Crippen molar-refractivity contribution >= 4 is 5.91 Å². The Balaban J connectivity index is 3.74. The lowest BCUT2D eigenvalue weighted by Crippen LogP contribution is -2.48. The summed E-state index contributed by atoms with van der Waals surface area (Å²) in [7, 11) is 0. The van der Waals surface area contributed by atoms with E-state index in [9.17, 15) is 4.79 Å². The molecule has 4 nitrogen and oxygen atoms in total. The van der Waals surface area contributed by atoms with E-state index >= 15 is 0 Å². The van der Waals surface area contributed by atoms with Crippen LogP contribution in [0, 0.1) is 5.41 Å². The molecule has 4 N–H and O–H groups in total. The number of hydrogen-bond acceptors (Lipinski definition) is 3. The van der Waals surface area contributed by atoms with Gasteiger partial charge in [-0.2, -0.15) is 0 Å². The molecule has 1 amide bonds. The third-order valence-electron chi connectivity index (χ3n) is 2.10. The van der Waals surface area contributed by atoms with Gasteiger partial charge in [0.1, 0.15) is 0 Å². The quantitative estimate of drug-likeness (QED) is 0.559. The number of nitrogens with one attached hydrogen (secondary N) is 1. The van der Waals surface area contributed by atoms with Gasteiger partial charge in [0.05, 0.1) is 6.04 Å². The summed E-state index contributed by atoms with van der Waals surface area (Å²) in [5.74, 6) is -0.115. The fourth-order valence-corrected chi connectivity index (χ4v) is 0.952. The Morgan fingerprint density at radius 3 is 2.43 bits per heavy atom. The minimum Gasteiger partial charge on any atom is -0.396 e. The number of amides is 1. The number of aliphatic hydroxyl groups is 1. The third kappa shape index (κ3) is 5.19. The molecule has 0 radical (unpaired) electrons. The van der Waals surface area contributed by atoms with Gasteiger partial charge in [0.2, 0.25) is 5.91 Å². The van der Waals surface area contributed by atoms with E-state index in [1.165, 1.54) is 0 Å². The van der Waals surface area contributed by atoms with E-state index in [1.807, 2.05) is 20.8 Å². The van der Waals surface area contributed by atoms with Crippen molar-refractivity contribution in [3.8, 4) is 0 Å². The maximum Gasteiger partial charge on any atom is 0.237 e. The molecule has 0 aliphatic carbocycles. The molecule has 0 aliphatic rings. The molecule has 0 aliphatic heterocycles. The van der Waals surface area contributed by atoms with Crippen LogP contribution in [-0.4, -0.2) is 30.2 Å². The molecule has 0 aromatic rings. The number of rotatable bonds is 5. The second-order valence-corrected chi connectivity index (χ2v) is 4.57. The zero-order chi connectivity index (χ0) is 11.2. The maximum atomic E-state index is 11.5. The van der Waals surface area contributed by atoms with Crippen molar-refractivity contribution in [1.82, 2.24) is 5.32 Å². The number of hydrogen-bond donors (Lipinski definition) is 3. The van der Waals surface area contributed by atoms with E-state index in [0.29, 0.717) is 13.0 Å². The highest BCUT2D eigenvalue weighted by Gasteiger charge is 2.26. The molecule has 0 bridgehead atoms. The summed E-state index contributed by atoms with van der Waals surface area (Å²) < 4.78 is 0. The minimum absolute atomic E-state index is 0.115. The van der Waals surface area contributed by atoms with Gasteiger partial charge >= 0.3 is 0 Å². The minimum atomic E-state index is -0.475. The Morgan fingerprint density at radius 2 is 2.00 bits per heavy atom. The number of aliphatic hydroxyl groups excluding tert-OH is 1. The smallest absolute Gasteiger partial charge is 0.237 e. The lowest BCUT2D eigenvalue weighted by Gasteiger charge is -2.25. The van der Waals surface area contributed by atoms with Gasteiger partial charge in [-0.25, -0.2) is 0 Å². The second kappa shape index (κ2) is 5.98. The lowest BCUT2D eigenvalue weighted by molar-refractivity contribution is -0.124. The van der Waals surface area contributed by atoms with E-state index in [0.717, 1.165) is 6.42 Å². The number of nitrogens with two attached hydrogens (primary N) is 1. The molecule has 0 rings (SSSR count). The van der Waals surface area contributed by atoms with Crippen LogP contribution in [0.5, 0.6) is 0 Å². The first-order chi connectivity index (χ1) is 6.39. The summed E-state index contributed by atoms with van der Waals surface area (Å²) in [5, 5.41) is 11.3. The molecule has 0 aromatic carbocycles. The second-order valence-electron chi connectivity index (χ2n) is 4.57. The predicted octanol–water partition coefficient (Wildman–Crippen LogP) is 0.249. The molecule has 0 unspecified atom stereocenters. The number of carbonyl (C=O) groups excluding carboxylic acids is 1. The van der Waals surface area contributed by atoms with E-state index in [1.54, 1.807) is 0 Å². The van der Waals surface area contributed by atoms with E-state index in [4.69, 9.17) is 10.8 Å². The Bertz CT molecular complexity index is 175. The largest absolute Gasteiger partial charge is 0.396 e. The molecular formula is C10H22N2O2. The topological polar surface area (TPSA) is 75.4 Å². The highest BCUT2D eigenvalue weighted by molar-refractivity contribution is 5.82. The van der Waals surface area contributed by atoms with Crippen molar-refractivity contribution in [3.63, 3.8) is 0 Å². The molecule has 84 valence electrons. The molecular weight excluding hydrogens is 180 g/mol. The van der Waals surface area contributed by atoms with Crippen molar-refractivity contribution < 1.29 is 9.90 Å². The van der Waals surface area contributed by atoms with Crippen molar-refractivity contribution in [2.24, 2.45) is 11.1 Å². The van der Waals surface area contributed by atoms with Gasteiger partial charge in [-0.05, 0) is 18.3 Å². The van der Waals surface area contributed by atoms with Gasteiger partial charge in [0.15, 0.2) is 0 Å². The van der Waals surface area contributed by atoms with Crippen molar-refractivity contribution in [2.45, 2.75) is 39.7 Å². The van der Waals surface area contributed by atoms with Crippen LogP contribution < -0.4 is 11.1 Å². The van der Waals surface area contributed by atoms with E-state index in [2.05, 4.69) is 5.32 Å². The Kier molecular flexibility index (Phi) is 5.72. The van der Waals surface area contributed by atoms with Gasteiger partial charge in [-0.15, -0.1) is 0 Å². The first kappa shape index (κ1) is 13.4. The fourth-order valence-electron chi connectivity index (χ4n) is 0.952. The van der Waals surface area contributed by atoms with Crippen molar-refractivity contribution in [3.05, 3.63) is 0 Å². The average molecular weight is 202 g/mol. The monoisotopic (exact) mass is 202 g/mol. The summed E-state index contributed by atoms with van der Waals surface area (Å²) in [6.45, 7) is 6.56. The molecule has 14 heavy (non-hydrogen) atoms. The summed E-state index contributed by atoms with van der Waals surface area (Å²) >= 11 is 0. The van der Waals surface area contributed by atoms with Gasteiger partial charge in [-0.1, -0.05) is 20.8 Å². The van der Waals surface area contributed by atoms with Crippen molar-refractivity contribution in [1.29, 1.82) is 0 Å². The molecule has 0 aromatic heterocycles. The Labute approximate surface area is 85.9 Å². The first-order valence-corrected chi connectivity index (χ1v) is 5.03. The highest BCUT2D eigenvalue weighted by Crippen LogP contribution is 2.16. The summed E-state index contributed by atoms with van der Waals surface area (Å²) in [5.41, 5.74) is 5.54. The van der Waals surface area contributed by atoms with Crippen LogP contribution >= 0.6 is 0 Å². The summed E-state index contributed by atoms with van der Waals surface area (Å²) in [6.07, 6.45) is 1.50. The standard InChI is InChI=1S/C10H22N2O2/c1-10(2,3)8(11)9(14)12-6-4-5-7-13/h8,13H,4-7,11H2,1-3H3,(H,12,14)/t8-/m1/s1. The molecule has 0 saturated carbocycles. The molecule has 0 saturated heterocycles. The Hall–Kier alpha value is -0.610. The molecule has 0 heterocycles. The van der Waals surface area contributed by atoms with Crippen molar-refractivity contribution in [2.75, 3.05) is 13.2 Å². The Morgan fingerprint density at radius 1 is 1.43 bits per heavy atom. The van der Waals surface area contributed by atoms with Crippen LogP contribution in [0.2, 0.25) is 0 Å². The highest BCUT2D eigenvalue weighted by atomic mass is 16.2. The van der Waals surface area contributed by atoms with Gasteiger partial charge in [0, 0.05) is 13.2 Å². The molecule has 0 fully saturated rings. The van der Waals surface area contributed by atoms with Crippen LogP contribution in [-0.2, 0) is 4.79 Å². The van der Waals surface area contributed by atoms with Gasteiger partial charge in [0.25, 0.3) is 0 Å².